The number of nitrogens with zero attached hydrogens (tertiary/aromatic N) is 2. The maximum Gasteiger partial charge on any atom is 0.255 e. The Morgan fingerprint density at radius 1 is 1.03 bits per heavy atom. The van der Waals surface area contributed by atoms with Crippen molar-refractivity contribution >= 4 is 32.9 Å². The van der Waals surface area contributed by atoms with Crippen molar-refractivity contribution in [2.75, 3.05) is 27.8 Å². The lowest BCUT2D eigenvalue weighted by molar-refractivity contribution is -0.121. The van der Waals surface area contributed by atoms with Crippen LogP contribution in [0.25, 0.3) is 10.8 Å². The van der Waals surface area contributed by atoms with Gasteiger partial charge in [0, 0.05) is 12.6 Å². The Bertz CT molecular complexity index is 1220. The van der Waals surface area contributed by atoms with Gasteiger partial charge in [-0.2, -0.15) is 9.41 Å². The van der Waals surface area contributed by atoms with Crippen LogP contribution in [0, 0.1) is 0 Å². The average Bonchev–Trinajstić information content (AvgIpc) is 2.78. The highest BCUT2D eigenvalue weighted by molar-refractivity contribution is 7.89. The topological polar surface area (TPSA) is 97.3 Å². The van der Waals surface area contributed by atoms with E-state index in [0.29, 0.717) is 17.1 Å². The minimum absolute atomic E-state index is 0.117. The quantitative estimate of drug-likeness (QED) is 0.428. The molecule has 0 bridgehead atoms. The molecule has 0 unspecified atom stereocenters. The highest BCUT2D eigenvalue weighted by atomic mass is 32.2. The van der Waals surface area contributed by atoms with E-state index in [1.165, 1.54) is 33.5 Å². The van der Waals surface area contributed by atoms with Crippen LogP contribution >= 0.6 is 0 Å². The number of amides is 1. The maximum absolute atomic E-state index is 12.8. The number of methoxy groups -OCH3 is 2. The number of carbonyl (C=O) groups is 1. The van der Waals surface area contributed by atoms with Crippen LogP contribution in [0.3, 0.4) is 0 Å². The first-order valence-corrected chi connectivity index (χ1v) is 10.8. The summed E-state index contributed by atoms with van der Waals surface area (Å²) in [6.45, 7) is -0.387. The normalized spacial score (nSPS) is 11.7. The van der Waals surface area contributed by atoms with E-state index in [1.807, 2.05) is 24.3 Å². The molecule has 3 aromatic rings. The molecule has 0 aliphatic rings. The molecule has 8 nitrogen and oxygen atoms in total. The standard InChI is InChI=1S/C22H23N3O5S/c1-25(31(27,28)19-12-11-16-7-4-5-8-17(16)13-19)15-21(26)24-23-14-18-9-6-10-20(29-2)22(18)30-3/h4-14H,15H2,1-3H3,(H,24,26)/b23-14+. The Balaban J connectivity index is 1.68. The summed E-state index contributed by atoms with van der Waals surface area (Å²) < 4.78 is 37.2. The van der Waals surface area contributed by atoms with E-state index in [-0.39, 0.29) is 11.4 Å². The second-order valence-electron chi connectivity index (χ2n) is 6.65. The molecule has 0 heterocycles. The molecular weight excluding hydrogens is 418 g/mol. The fraction of sp³-hybridized carbons (Fsp3) is 0.182. The van der Waals surface area contributed by atoms with Gasteiger partial charge in [0.25, 0.3) is 5.91 Å². The lowest BCUT2D eigenvalue weighted by atomic mass is 10.1. The van der Waals surface area contributed by atoms with E-state index < -0.39 is 15.9 Å². The van der Waals surface area contributed by atoms with Gasteiger partial charge in [-0.05, 0) is 35.0 Å². The van der Waals surface area contributed by atoms with Gasteiger partial charge in [0.15, 0.2) is 11.5 Å². The van der Waals surface area contributed by atoms with Crippen LogP contribution in [-0.4, -0.2) is 52.7 Å². The number of fused-ring (bicyclic) bond motifs is 1. The first kappa shape index (κ1) is 22.3. The zero-order valence-corrected chi connectivity index (χ0v) is 18.2. The zero-order valence-electron chi connectivity index (χ0n) is 17.4. The van der Waals surface area contributed by atoms with Gasteiger partial charge < -0.3 is 9.47 Å². The van der Waals surface area contributed by atoms with E-state index in [9.17, 15) is 13.2 Å². The van der Waals surface area contributed by atoms with Crippen LogP contribution in [0.1, 0.15) is 5.56 Å². The van der Waals surface area contributed by atoms with Gasteiger partial charge in [-0.3, -0.25) is 4.79 Å². The Kier molecular flexibility index (Phi) is 6.88. The van der Waals surface area contributed by atoms with Crippen LogP contribution in [-0.2, 0) is 14.8 Å². The smallest absolute Gasteiger partial charge is 0.255 e. The monoisotopic (exact) mass is 441 g/mol. The number of ether oxygens (including phenoxy) is 2. The number of carbonyl (C=O) groups excluding carboxylic acids is 1. The number of hydrogen-bond acceptors (Lipinski definition) is 6. The fourth-order valence-corrected chi connectivity index (χ4v) is 4.18. The van der Waals surface area contributed by atoms with E-state index in [0.717, 1.165) is 15.1 Å². The molecule has 1 N–H and O–H groups in total. The van der Waals surface area contributed by atoms with E-state index in [2.05, 4.69) is 10.5 Å². The number of rotatable bonds is 8. The van der Waals surface area contributed by atoms with Gasteiger partial charge >= 0.3 is 0 Å². The zero-order chi connectivity index (χ0) is 22.4. The highest BCUT2D eigenvalue weighted by Gasteiger charge is 2.23. The molecule has 0 spiro atoms. The van der Waals surface area contributed by atoms with E-state index in [1.54, 1.807) is 30.3 Å². The number of likely N-dealkylation sites (N-methyl/N-ethyl adjacent to an activating group) is 1. The van der Waals surface area contributed by atoms with Crippen molar-refractivity contribution in [2.45, 2.75) is 4.90 Å². The van der Waals surface area contributed by atoms with Crippen molar-refractivity contribution in [3.63, 3.8) is 0 Å². The fourth-order valence-electron chi connectivity index (χ4n) is 3.02. The van der Waals surface area contributed by atoms with Crippen LogP contribution in [0.4, 0.5) is 0 Å². The third-order valence-electron chi connectivity index (χ3n) is 4.62. The molecule has 9 heteroatoms. The second-order valence-corrected chi connectivity index (χ2v) is 8.69. The Morgan fingerprint density at radius 2 is 1.77 bits per heavy atom. The lowest BCUT2D eigenvalue weighted by Crippen LogP contribution is -2.36. The minimum atomic E-state index is -3.84. The van der Waals surface area contributed by atoms with Crippen molar-refractivity contribution in [2.24, 2.45) is 5.10 Å². The number of hydrazone groups is 1. The van der Waals surface area contributed by atoms with Crippen molar-refractivity contribution in [3.8, 4) is 11.5 Å². The van der Waals surface area contributed by atoms with Crippen LogP contribution < -0.4 is 14.9 Å². The molecule has 0 radical (unpaired) electrons. The number of sulfonamides is 1. The van der Waals surface area contributed by atoms with Gasteiger partial charge in [0.05, 0.1) is 31.9 Å². The minimum Gasteiger partial charge on any atom is -0.493 e. The van der Waals surface area contributed by atoms with Crippen LogP contribution in [0.15, 0.2) is 70.7 Å². The maximum atomic E-state index is 12.8. The summed E-state index contributed by atoms with van der Waals surface area (Å²) >= 11 is 0. The molecule has 0 aromatic heterocycles. The first-order chi connectivity index (χ1) is 14.9. The molecule has 162 valence electrons. The summed E-state index contributed by atoms with van der Waals surface area (Å²) in [7, 11) is 0.528. The molecule has 0 aliphatic carbocycles. The predicted octanol–water partition coefficient (Wildman–Crippen LogP) is 2.63. The van der Waals surface area contributed by atoms with Crippen molar-refractivity contribution in [1.82, 2.24) is 9.73 Å². The summed E-state index contributed by atoms with van der Waals surface area (Å²) in [5, 5.41) is 5.63. The SMILES string of the molecule is COc1cccc(/C=N/NC(=O)CN(C)S(=O)(=O)c2ccc3ccccc3c2)c1OC. The van der Waals surface area contributed by atoms with Crippen LogP contribution in [0.2, 0.25) is 0 Å². The van der Waals surface area contributed by atoms with Gasteiger partial charge in [-0.15, -0.1) is 0 Å². The molecule has 0 atom stereocenters. The average molecular weight is 442 g/mol. The summed E-state index contributed by atoms with van der Waals surface area (Å²) in [5.41, 5.74) is 2.93. The molecule has 3 rings (SSSR count). The third kappa shape index (κ3) is 5.01. The Morgan fingerprint density at radius 3 is 2.48 bits per heavy atom. The molecule has 31 heavy (non-hydrogen) atoms. The summed E-state index contributed by atoms with van der Waals surface area (Å²) in [6.07, 6.45) is 1.40. The first-order valence-electron chi connectivity index (χ1n) is 9.35. The molecule has 0 saturated carbocycles. The van der Waals surface area contributed by atoms with Gasteiger partial charge in [0.2, 0.25) is 10.0 Å². The predicted molar refractivity (Wildman–Crippen MR) is 119 cm³/mol. The summed E-state index contributed by atoms with van der Waals surface area (Å²) in [6, 6.07) is 17.6. The molecule has 0 saturated heterocycles. The molecule has 3 aromatic carbocycles. The number of hydrogen-bond donors (Lipinski definition) is 1. The van der Waals surface area contributed by atoms with Crippen molar-refractivity contribution in [3.05, 3.63) is 66.2 Å². The highest BCUT2D eigenvalue weighted by Crippen LogP contribution is 2.29. The largest absolute Gasteiger partial charge is 0.493 e. The molecule has 0 aliphatic heterocycles. The van der Waals surface area contributed by atoms with Gasteiger partial charge in [-0.25, -0.2) is 13.8 Å². The molecule has 1 amide bonds. The Hall–Kier alpha value is -3.43. The van der Waals surface area contributed by atoms with Gasteiger partial charge in [0.1, 0.15) is 0 Å². The third-order valence-corrected chi connectivity index (χ3v) is 6.42. The summed E-state index contributed by atoms with van der Waals surface area (Å²) in [4.78, 5) is 12.3. The summed E-state index contributed by atoms with van der Waals surface area (Å²) in [5.74, 6) is 0.419. The number of nitrogens with one attached hydrogen (secondary N) is 1. The number of para-hydroxylation sites is 1. The van der Waals surface area contributed by atoms with E-state index in [4.69, 9.17) is 9.47 Å². The second kappa shape index (κ2) is 9.59. The van der Waals surface area contributed by atoms with Crippen LogP contribution in [0.5, 0.6) is 11.5 Å². The Labute approximate surface area is 181 Å². The van der Waals surface area contributed by atoms with Gasteiger partial charge in [-0.1, -0.05) is 36.4 Å². The molecule has 0 fully saturated rings. The van der Waals surface area contributed by atoms with Crippen molar-refractivity contribution < 1.29 is 22.7 Å². The van der Waals surface area contributed by atoms with E-state index >= 15 is 0 Å². The van der Waals surface area contributed by atoms with Crippen molar-refractivity contribution in [1.29, 1.82) is 0 Å². The number of benzene rings is 3. The lowest BCUT2D eigenvalue weighted by Gasteiger charge is -2.16. The molecular formula is C22H23N3O5S.